The molecule has 3 N–H and O–H groups in total. The second kappa shape index (κ2) is 4.78. The van der Waals surface area contributed by atoms with Crippen molar-refractivity contribution >= 4 is 12.6 Å². The van der Waals surface area contributed by atoms with E-state index in [1.165, 1.54) is 0 Å². The smallest absolute Gasteiger partial charge is 0.399 e. The van der Waals surface area contributed by atoms with Crippen LogP contribution in [0.5, 0.6) is 0 Å². The third-order valence-corrected chi connectivity index (χ3v) is 3.93. The first-order chi connectivity index (χ1) is 8.77. The summed E-state index contributed by atoms with van der Waals surface area (Å²) in [6.07, 6.45) is 2.40. The van der Waals surface area contributed by atoms with E-state index in [9.17, 15) is 4.79 Å². The predicted octanol–water partition coefficient (Wildman–Crippen LogP) is 0.175. The lowest BCUT2D eigenvalue weighted by Gasteiger charge is -2.32. The number of hydrogen-bond acceptors (Lipinski definition) is 4. The maximum atomic E-state index is 11.9. The van der Waals surface area contributed by atoms with Gasteiger partial charge in [0.05, 0.1) is 11.2 Å². The Morgan fingerprint density at radius 3 is 2.37 bits per heavy atom. The molecule has 104 valence electrons. The molecule has 1 aromatic rings. The minimum absolute atomic E-state index is 0.181. The molecule has 0 aliphatic carbocycles. The lowest BCUT2D eigenvalue weighted by molar-refractivity contribution is 0.00578. The van der Waals surface area contributed by atoms with Crippen LogP contribution in [0.15, 0.2) is 17.1 Å². The van der Waals surface area contributed by atoms with Gasteiger partial charge in [-0.1, -0.05) is 6.07 Å². The van der Waals surface area contributed by atoms with Crippen molar-refractivity contribution < 1.29 is 9.31 Å². The largest absolute Gasteiger partial charge is 0.500 e. The number of rotatable bonds is 3. The summed E-state index contributed by atoms with van der Waals surface area (Å²) in [6, 6.07) is 1.81. The molecule has 0 amide bonds. The maximum absolute atomic E-state index is 11.9. The van der Waals surface area contributed by atoms with Gasteiger partial charge in [0.15, 0.2) is 0 Å². The molecule has 19 heavy (non-hydrogen) atoms. The lowest BCUT2D eigenvalue weighted by atomic mass is 9.79. The fraction of sp³-hybridized carbons (Fsp3) is 0.615. The number of hydrogen-bond donors (Lipinski definition) is 2. The van der Waals surface area contributed by atoms with Gasteiger partial charge in [-0.15, -0.1) is 0 Å². The number of aromatic amines is 1. The average Bonchev–Trinajstić information content (AvgIpc) is 2.51. The fourth-order valence-electron chi connectivity index (χ4n) is 2.00. The highest BCUT2D eigenvalue weighted by Gasteiger charge is 2.52. The van der Waals surface area contributed by atoms with E-state index in [0.717, 1.165) is 5.56 Å². The van der Waals surface area contributed by atoms with Crippen LogP contribution < -0.4 is 16.8 Å². The summed E-state index contributed by atoms with van der Waals surface area (Å²) in [6.45, 7) is 8.39. The number of nitrogens with one attached hydrogen (secondary N) is 1. The highest BCUT2D eigenvalue weighted by molar-refractivity contribution is 6.61. The van der Waals surface area contributed by atoms with E-state index in [-0.39, 0.29) is 5.56 Å². The van der Waals surface area contributed by atoms with Crippen LogP contribution in [0.4, 0.5) is 0 Å². The zero-order chi connectivity index (χ0) is 14.3. The Bertz CT molecular complexity index is 509. The van der Waals surface area contributed by atoms with Crippen molar-refractivity contribution in [2.75, 3.05) is 6.54 Å². The van der Waals surface area contributed by atoms with Crippen molar-refractivity contribution in [3.63, 3.8) is 0 Å². The van der Waals surface area contributed by atoms with Crippen LogP contribution in [0.1, 0.15) is 33.3 Å². The number of pyridine rings is 1. The van der Waals surface area contributed by atoms with E-state index in [4.69, 9.17) is 15.0 Å². The first-order valence-corrected chi connectivity index (χ1v) is 6.54. The van der Waals surface area contributed by atoms with Gasteiger partial charge in [-0.2, -0.15) is 0 Å². The summed E-state index contributed by atoms with van der Waals surface area (Å²) >= 11 is 0. The molecule has 0 bridgehead atoms. The zero-order valence-electron chi connectivity index (χ0n) is 11.9. The Kier molecular flexibility index (Phi) is 3.60. The maximum Gasteiger partial charge on any atom is 0.500 e. The van der Waals surface area contributed by atoms with E-state index in [2.05, 4.69) is 4.98 Å². The molecule has 5 nitrogen and oxygen atoms in total. The van der Waals surface area contributed by atoms with Crippen LogP contribution >= 0.6 is 0 Å². The Labute approximate surface area is 113 Å². The molecule has 0 aromatic carbocycles. The van der Waals surface area contributed by atoms with E-state index < -0.39 is 18.3 Å². The number of H-pyrrole nitrogens is 1. The van der Waals surface area contributed by atoms with Gasteiger partial charge in [-0.05, 0) is 46.2 Å². The van der Waals surface area contributed by atoms with Crippen LogP contribution in [-0.4, -0.2) is 29.8 Å². The lowest BCUT2D eigenvalue weighted by Crippen LogP contribution is -2.45. The number of nitrogens with two attached hydrogens (primary N) is 1. The fourth-order valence-corrected chi connectivity index (χ4v) is 2.00. The third kappa shape index (κ3) is 2.61. The summed E-state index contributed by atoms with van der Waals surface area (Å²) < 4.78 is 11.8. The Balaban J connectivity index is 2.33. The molecule has 1 aliphatic rings. The molecule has 0 radical (unpaired) electrons. The average molecular weight is 264 g/mol. The minimum Gasteiger partial charge on any atom is -0.399 e. The molecule has 6 heteroatoms. The van der Waals surface area contributed by atoms with E-state index in [1.54, 1.807) is 6.20 Å². The van der Waals surface area contributed by atoms with Crippen molar-refractivity contribution in [2.45, 2.75) is 45.3 Å². The van der Waals surface area contributed by atoms with Crippen molar-refractivity contribution in [1.82, 2.24) is 4.98 Å². The first kappa shape index (κ1) is 14.3. The van der Waals surface area contributed by atoms with Crippen molar-refractivity contribution in [2.24, 2.45) is 5.73 Å². The Morgan fingerprint density at radius 1 is 1.26 bits per heavy atom. The highest BCUT2D eigenvalue weighted by atomic mass is 16.7. The Hall–Kier alpha value is -1.11. The summed E-state index contributed by atoms with van der Waals surface area (Å²) in [5.41, 5.74) is 5.93. The van der Waals surface area contributed by atoms with Crippen LogP contribution in [0.3, 0.4) is 0 Å². The molecule has 1 fully saturated rings. The van der Waals surface area contributed by atoms with Crippen LogP contribution in [-0.2, 0) is 15.7 Å². The third-order valence-electron chi connectivity index (χ3n) is 3.93. The van der Waals surface area contributed by atoms with Gasteiger partial charge in [-0.25, -0.2) is 0 Å². The van der Waals surface area contributed by atoms with Gasteiger partial charge in [0.1, 0.15) is 0 Å². The Morgan fingerprint density at radius 2 is 1.84 bits per heavy atom. The number of aromatic nitrogens is 1. The zero-order valence-corrected chi connectivity index (χ0v) is 11.9. The van der Waals surface area contributed by atoms with Gasteiger partial charge in [0.2, 0.25) is 5.56 Å². The van der Waals surface area contributed by atoms with Gasteiger partial charge < -0.3 is 20.0 Å². The monoisotopic (exact) mass is 264 g/mol. The topological polar surface area (TPSA) is 77.3 Å². The molecular weight excluding hydrogens is 243 g/mol. The molecule has 1 aliphatic heterocycles. The van der Waals surface area contributed by atoms with Crippen molar-refractivity contribution in [1.29, 1.82) is 0 Å². The van der Waals surface area contributed by atoms with Gasteiger partial charge in [0.25, 0.3) is 0 Å². The normalized spacial score (nSPS) is 20.8. The standard InChI is InChI=1S/C13H21BN2O3/c1-12(2)13(3,4)19-14(18-12)10-7-9(5-6-15)8-16-11(10)17/h7-8H,5-6,15H2,1-4H3,(H,16,17). The molecule has 2 rings (SSSR count). The molecular formula is C13H21BN2O3. The first-order valence-electron chi connectivity index (χ1n) is 6.54. The summed E-state index contributed by atoms with van der Waals surface area (Å²) in [5, 5.41) is 0. The molecule has 0 spiro atoms. The van der Waals surface area contributed by atoms with Crippen LogP contribution in [0, 0.1) is 0 Å². The van der Waals surface area contributed by atoms with Crippen molar-refractivity contribution in [3.8, 4) is 0 Å². The second-order valence-electron chi connectivity index (χ2n) is 5.92. The van der Waals surface area contributed by atoms with Gasteiger partial charge >= 0.3 is 7.12 Å². The summed E-state index contributed by atoms with van der Waals surface area (Å²) in [7, 11) is -0.633. The summed E-state index contributed by atoms with van der Waals surface area (Å²) in [4.78, 5) is 14.7. The molecule has 0 atom stereocenters. The quantitative estimate of drug-likeness (QED) is 0.763. The van der Waals surface area contributed by atoms with Gasteiger partial charge in [-0.3, -0.25) is 4.79 Å². The van der Waals surface area contributed by atoms with Gasteiger partial charge in [0, 0.05) is 11.7 Å². The van der Waals surface area contributed by atoms with Crippen LogP contribution in [0.2, 0.25) is 0 Å². The minimum atomic E-state index is -0.633. The second-order valence-corrected chi connectivity index (χ2v) is 5.92. The van der Waals surface area contributed by atoms with Crippen molar-refractivity contribution in [3.05, 3.63) is 28.2 Å². The van der Waals surface area contributed by atoms with E-state index in [0.29, 0.717) is 18.4 Å². The molecule has 2 heterocycles. The highest BCUT2D eigenvalue weighted by Crippen LogP contribution is 2.36. The van der Waals surface area contributed by atoms with E-state index in [1.807, 2.05) is 33.8 Å². The SMILES string of the molecule is CC1(C)OB(c2cc(CCN)c[nH]c2=O)OC1(C)C. The predicted molar refractivity (Wildman–Crippen MR) is 75.5 cm³/mol. The molecule has 1 aromatic heterocycles. The van der Waals surface area contributed by atoms with E-state index >= 15 is 0 Å². The molecule has 0 saturated carbocycles. The molecule has 1 saturated heterocycles. The summed E-state index contributed by atoms with van der Waals surface area (Å²) in [5.74, 6) is 0. The van der Waals surface area contributed by atoms with Crippen LogP contribution in [0.25, 0.3) is 0 Å². The molecule has 0 unspecified atom stereocenters.